The first-order chi connectivity index (χ1) is 12.8. The van der Waals surface area contributed by atoms with Crippen molar-refractivity contribution in [2.45, 2.75) is 18.6 Å². The number of nitriles is 1. The fourth-order valence-corrected chi connectivity index (χ4v) is 2.66. The number of carbonyl (C=O) groups is 1. The molecule has 3 rings (SSSR count). The fourth-order valence-electron chi connectivity index (χ4n) is 2.66. The molecule has 1 amide bonds. The van der Waals surface area contributed by atoms with Crippen LogP contribution in [0.4, 0.5) is 14.5 Å². The van der Waals surface area contributed by atoms with Crippen LogP contribution in [0, 0.1) is 17.1 Å². The number of carbonyl (C=O) groups excluding carboxylic acids is 1. The Bertz CT molecular complexity index is 955. The molecule has 0 radical (unpaired) electrons. The Hall–Kier alpha value is -3.54. The smallest absolute Gasteiger partial charge is 0.283 e. The summed E-state index contributed by atoms with van der Waals surface area (Å²) in [6.45, 7) is 1.05. The van der Waals surface area contributed by atoms with Gasteiger partial charge in [0, 0.05) is 17.4 Å². The minimum Gasteiger partial charge on any atom is -0.462 e. The SMILES string of the molecule is C[C@]1(c2cc(NC(=O)c3ccc(C#N)cn3)ccc2F)N=C(N)OC[C@@H]1F. The number of hydrogen-bond acceptors (Lipinski definition) is 6. The Morgan fingerprint density at radius 3 is 2.89 bits per heavy atom. The van der Waals surface area contributed by atoms with Crippen molar-refractivity contribution >= 4 is 17.6 Å². The Kier molecular flexibility index (Phi) is 4.73. The van der Waals surface area contributed by atoms with Crippen LogP contribution in [0.25, 0.3) is 0 Å². The lowest BCUT2D eigenvalue weighted by molar-refractivity contribution is 0.0923. The van der Waals surface area contributed by atoms with Crippen LogP contribution >= 0.6 is 0 Å². The molecule has 3 N–H and O–H groups in total. The molecule has 0 aliphatic carbocycles. The highest BCUT2D eigenvalue weighted by atomic mass is 19.1. The number of nitrogens with zero attached hydrogens (tertiary/aromatic N) is 3. The van der Waals surface area contributed by atoms with Gasteiger partial charge in [0.1, 0.15) is 29.7 Å². The fraction of sp³-hybridized carbons (Fsp3) is 0.222. The van der Waals surface area contributed by atoms with Gasteiger partial charge in [0.15, 0.2) is 6.17 Å². The van der Waals surface area contributed by atoms with Gasteiger partial charge in [-0.05, 0) is 37.3 Å². The zero-order valence-corrected chi connectivity index (χ0v) is 14.2. The second kappa shape index (κ2) is 6.99. The van der Waals surface area contributed by atoms with Gasteiger partial charge in [0.2, 0.25) is 0 Å². The highest BCUT2D eigenvalue weighted by molar-refractivity contribution is 6.02. The van der Waals surface area contributed by atoms with Crippen LogP contribution in [0.1, 0.15) is 28.5 Å². The average molecular weight is 371 g/mol. The van der Waals surface area contributed by atoms with Gasteiger partial charge in [-0.25, -0.2) is 18.8 Å². The van der Waals surface area contributed by atoms with E-state index in [2.05, 4.69) is 15.3 Å². The minimum atomic E-state index is -1.62. The number of alkyl halides is 1. The maximum Gasteiger partial charge on any atom is 0.283 e. The first kappa shape index (κ1) is 18.3. The number of aromatic nitrogens is 1. The minimum absolute atomic E-state index is 0.0631. The van der Waals surface area contributed by atoms with E-state index in [1.54, 1.807) is 0 Å². The number of nitrogens with two attached hydrogens (primary N) is 1. The van der Waals surface area contributed by atoms with Gasteiger partial charge >= 0.3 is 0 Å². The number of amidine groups is 1. The predicted molar refractivity (Wildman–Crippen MR) is 93.1 cm³/mol. The first-order valence-electron chi connectivity index (χ1n) is 7.93. The lowest BCUT2D eigenvalue weighted by Crippen LogP contribution is -2.43. The van der Waals surface area contributed by atoms with Gasteiger partial charge in [-0.3, -0.25) is 4.79 Å². The molecular formula is C18H15F2N5O2. The van der Waals surface area contributed by atoms with E-state index in [9.17, 15) is 13.6 Å². The topological polar surface area (TPSA) is 113 Å². The monoisotopic (exact) mass is 371 g/mol. The number of amides is 1. The maximum atomic E-state index is 14.4. The largest absolute Gasteiger partial charge is 0.462 e. The number of rotatable bonds is 3. The van der Waals surface area contributed by atoms with Crippen LogP contribution in [0.2, 0.25) is 0 Å². The van der Waals surface area contributed by atoms with Crippen molar-refractivity contribution in [2.24, 2.45) is 10.7 Å². The molecule has 2 atom stereocenters. The van der Waals surface area contributed by atoms with Gasteiger partial charge in [-0.15, -0.1) is 0 Å². The molecule has 0 saturated carbocycles. The van der Waals surface area contributed by atoms with Crippen molar-refractivity contribution in [3.8, 4) is 6.07 Å². The normalized spacial score (nSPS) is 21.6. The number of halogens is 2. The standard InChI is InChI=1S/C18H15F2N5O2/c1-18(15(20)9-27-17(22)25-18)12-6-11(3-4-13(12)19)24-16(26)14-5-2-10(7-21)8-23-14/h2-6,8,15H,9H2,1H3,(H2,22,25)(H,24,26)/t15-,18+/m0/s1. The Morgan fingerprint density at radius 2 is 2.22 bits per heavy atom. The van der Waals surface area contributed by atoms with Crippen molar-refractivity contribution in [1.82, 2.24) is 4.98 Å². The quantitative estimate of drug-likeness (QED) is 0.859. The Morgan fingerprint density at radius 1 is 1.44 bits per heavy atom. The Labute approximate surface area is 153 Å². The Balaban J connectivity index is 1.90. The number of benzene rings is 1. The second-order valence-corrected chi connectivity index (χ2v) is 6.07. The third-order valence-electron chi connectivity index (χ3n) is 4.22. The summed E-state index contributed by atoms with van der Waals surface area (Å²) in [6.07, 6.45) is -0.357. The lowest BCUT2D eigenvalue weighted by Gasteiger charge is -2.33. The summed E-state index contributed by atoms with van der Waals surface area (Å²) in [4.78, 5) is 20.1. The molecule has 7 nitrogen and oxygen atoms in total. The van der Waals surface area contributed by atoms with Crippen LogP contribution in [0.15, 0.2) is 41.5 Å². The van der Waals surface area contributed by atoms with E-state index in [0.717, 1.165) is 6.07 Å². The molecule has 0 fully saturated rings. The van der Waals surface area contributed by atoms with E-state index in [1.807, 2.05) is 6.07 Å². The summed E-state index contributed by atoms with van der Waals surface area (Å²) in [5, 5.41) is 11.3. The molecule has 0 saturated heterocycles. The number of aliphatic imine (C=N–C) groups is 1. The number of nitrogens with one attached hydrogen (secondary N) is 1. The molecule has 0 bridgehead atoms. The molecule has 1 aromatic carbocycles. The predicted octanol–water partition coefficient (Wildman–Crippen LogP) is 2.24. The molecule has 1 aliphatic heterocycles. The lowest BCUT2D eigenvalue weighted by atomic mass is 9.86. The van der Waals surface area contributed by atoms with Gasteiger partial charge in [0.25, 0.3) is 11.9 Å². The molecule has 138 valence electrons. The molecule has 0 unspecified atom stereocenters. The van der Waals surface area contributed by atoms with Gasteiger partial charge in [0.05, 0.1) is 5.56 Å². The number of hydrogen-bond donors (Lipinski definition) is 2. The van der Waals surface area contributed by atoms with Gasteiger partial charge < -0.3 is 15.8 Å². The van der Waals surface area contributed by atoms with Crippen molar-refractivity contribution in [2.75, 3.05) is 11.9 Å². The number of anilines is 1. The summed E-state index contributed by atoms with van der Waals surface area (Å²) in [6, 6.07) is 8.25. The summed E-state index contributed by atoms with van der Waals surface area (Å²) >= 11 is 0. The van der Waals surface area contributed by atoms with E-state index in [4.69, 9.17) is 15.7 Å². The molecule has 2 heterocycles. The third-order valence-corrected chi connectivity index (χ3v) is 4.22. The summed E-state index contributed by atoms with van der Waals surface area (Å²) in [7, 11) is 0. The molecule has 0 spiro atoms. The van der Waals surface area contributed by atoms with E-state index in [0.29, 0.717) is 5.56 Å². The van der Waals surface area contributed by atoms with Gasteiger partial charge in [-0.1, -0.05) is 0 Å². The van der Waals surface area contributed by atoms with Crippen LogP contribution < -0.4 is 11.1 Å². The summed E-state index contributed by atoms with van der Waals surface area (Å²) in [5.41, 5.74) is 4.49. The molecule has 1 aromatic heterocycles. The summed E-state index contributed by atoms with van der Waals surface area (Å²) in [5.74, 6) is -1.25. The highest BCUT2D eigenvalue weighted by Gasteiger charge is 2.42. The van der Waals surface area contributed by atoms with Crippen molar-refractivity contribution in [1.29, 1.82) is 5.26 Å². The zero-order chi connectivity index (χ0) is 19.6. The second-order valence-electron chi connectivity index (χ2n) is 6.07. The van der Waals surface area contributed by atoms with Crippen molar-refractivity contribution < 1.29 is 18.3 Å². The maximum absolute atomic E-state index is 14.4. The zero-order valence-electron chi connectivity index (χ0n) is 14.2. The highest BCUT2D eigenvalue weighted by Crippen LogP contribution is 2.37. The average Bonchev–Trinajstić information content (AvgIpc) is 2.66. The van der Waals surface area contributed by atoms with E-state index >= 15 is 0 Å². The third kappa shape index (κ3) is 3.55. The van der Waals surface area contributed by atoms with Crippen LogP contribution in [-0.4, -0.2) is 29.7 Å². The van der Waals surface area contributed by atoms with E-state index in [-0.39, 0.29) is 29.6 Å². The van der Waals surface area contributed by atoms with E-state index < -0.39 is 23.4 Å². The number of pyridine rings is 1. The molecule has 9 heteroatoms. The van der Waals surface area contributed by atoms with Gasteiger partial charge in [-0.2, -0.15) is 5.26 Å². The number of ether oxygens (including phenoxy) is 1. The summed E-state index contributed by atoms with van der Waals surface area (Å²) < 4.78 is 33.6. The molecular weight excluding hydrogens is 356 g/mol. The van der Waals surface area contributed by atoms with Crippen LogP contribution in [-0.2, 0) is 10.3 Å². The molecule has 1 aliphatic rings. The van der Waals surface area contributed by atoms with Crippen molar-refractivity contribution in [3.63, 3.8) is 0 Å². The van der Waals surface area contributed by atoms with Crippen molar-refractivity contribution in [3.05, 3.63) is 59.2 Å². The van der Waals surface area contributed by atoms with Crippen LogP contribution in [0.5, 0.6) is 0 Å². The van der Waals surface area contributed by atoms with Crippen LogP contribution in [0.3, 0.4) is 0 Å². The van der Waals surface area contributed by atoms with E-state index in [1.165, 1.54) is 37.4 Å². The molecule has 27 heavy (non-hydrogen) atoms. The first-order valence-corrected chi connectivity index (χ1v) is 7.93. The molecule has 2 aromatic rings.